The molecule has 9 heteroatoms. The lowest BCUT2D eigenvalue weighted by molar-refractivity contribution is 0.244. The van der Waals surface area contributed by atoms with Gasteiger partial charge in [0.25, 0.3) is 0 Å². The second-order valence-corrected chi connectivity index (χ2v) is 7.92. The number of nitrogens with zero attached hydrogens (tertiary/aromatic N) is 5. The van der Waals surface area contributed by atoms with E-state index in [0.29, 0.717) is 6.54 Å². The molecule has 0 unspecified atom stereocenters. The summed E-state index contributed by atoms with van der Waals surface area (Å²) in [6.45, 7) is 5.42. The van der Waals surface area contributed by atoms with E-state index in [-0.39, 0.29) is 6.03 Å². The van der Waals surface area contributed by atoms with Gasteiger partial charge in [-0.1, -0.05) is 0 Å². The molecule has 1 aliphatic rings. The molecule has 3 heterocycles. The Morgan fingerprint density at radius 2 is 1.77 bits per heavy atom. The average Bonchev–Trinajstić information content (AvgIpc) is 3.33. The van der Waals surface area contributed by atoms with Crippen LogP contribution in [0.25, 0.3) is 10.6 Å². The standard InChI is InChI=1S/C21H25N7OS/c29-21(26-18-5-3-17(4-6-18)19-22-10-16-30-19)25-9-2-11-27-12-14-28(15-13-27)20-23-7-1-8-24-20/h1,3-8,10,16H,2,9,11-15H2,(H2,25,26,29). The van der Waals surface area contributed by atoms with Crippen molar-refractivity contribution in [1.29, 1.82) is 0 Å². The molecule has 0 bridgehead atoms. The van der Waals surface area contributed by atoms with E-state index < -0.39 is 0 Å². The number of hydrogen-bond donors (Lipinski definition) is 2. The summed E-state index contributed by atoms with van der Waals surface area (Å²) in [6.07, 6.45) is 6.26. The van der Waals surface area contributed by atoms with E-state index in [1.54, 1.807) is 29.9 Å². The first kappa shape index (κ1) is 20.2. The molecular formula is C21H25N7OS. The Kier molecular flexibility index (Phi) is 6.83. The highest BCUT2D eigenvalue weighted by Crippen LogP contribution is 2.23. The van der Waals surface area contributed by atoms with Crippen LogP contribution >= 0.6 is 11.3 Å². The number of carbonyl (C=O) groups excluding carboxylic acids is 1. The predicted octanol–water partition coefficient (Wildman–Crippen LogP) is 2.93. The molecule has 2 N–H and O–H groups in total. The molecule has 156 valence electrons. The number of carbonyl (C=O) groups is 1. The molecule has 0 saturated carbocycles. The second kappa shape index (κ2) is 10.1. The molecule has 0 aliphatic carbocycles. The Bertz CT molecular complexity index is 910. The number of aromatic nitrogens is 3. The Morgan fingerprint density at radius 3 is 2.47 bits per heavy atom. The largest absolute Gasteiger partial charge is 0.338 e. The van der Waals surface area contributed by atoms with Gasteiger partial charge >= 0.3 is 6.03 Å². The van der Waals surface area contributed by atoms with Crippen LogP contribution in [0.3, 0.4) is 0 Å². The van der Waals surface area contributed by atoms with Gasteiger partial charge in [0.1, 0.15) is 5.01 Å². The summed E-state index contributed by atoms with van der Waals surface area (Å²) in [7, 11) is 0. The van der Waals surface area contributed by atoms with E-state index in [0.717, 1.165) is 61.4 Å². The van der Waals surface area contributed by atoms with Crippen LogP contribution in [0.4, 0.5) is 16.4 Å². The molecule has 1 saturated heterocycles. The van der Waals surface area contributed by atoms with Crippen molar-refractivity contribution in [2.45, 2.75) is 6.42 Å². The molecule has 4 rings (SSSR count). The normalized spacial score (nSPS) is 14.5. The lowest BCUT2D eigenvalue weighted by Crippen LogP contribution is -2.47. The molecule has 1 aromatic carbocycles. The minimum atomic E-state index is -0.178. The number of anilines is 2. The summed E-state index contributed by atoms with van der Waals surface area (Å²) in [5.74, 6) is 0.801. The SMILES string of the molecule is O=C(NCCCN1CCN(c2ncccn2)CC1)Nc1ccc(-c2nccs2)cc1. The van der Waals surface area contributed by atoms with Gasteiger partial charge in [-0.25, -0.2) is 19.7 Å². The molecule has 8 nitrogen and oxygen atoms in total. The van der Waals surface area contributed by atoms with E-state index in [9.17, 15) is 4.79 Å². The highest BCUT2D eigenvalue weighted by molar-refractivity contribution is 7.13. The van der Waals surface area contributed by atoms with Crippen molar-refractivity contribution in [2.75, 3.05) is 49.5 Å². The van der Waals surface area contributed by atoms with Crippen LogP contribution in [0, 0.1) is 0 Å². The van der Waals surface area contributed by atoms with Gasteiger partial charge in [-0.05, 0) is 43.3 Å². The predicted molar refractivity (Wildman–Crippen MR) is 120 cm³/mol. The van der Waals surface area contributed by atoms with E-state index in [1.807, 2.05) is 35.7 Å². The lowest BCUT2D eigenvalue weighted by Gasteiger charge is -2.34. The third kappa shape index (κ3) is 5.52. The zero-order valence-electron chi connectivity index (χ0n) is 16.7. The Hall–Kier alpha value is -3.04. The summed E-state index contributed by atoms with van der Waals surface area (Å²) in [5, 5.41) is 8.73. The van der Waals surface area contributed by atoms with Gasteiger partial charge in [0, 0.05) is 67.9 Å². The third-order valence-corrected chi connectivity index (χ3v) is 5.79. The number of piperazine rings is 1. The fourth-order valence-electron chi connectivity index (χ4n) is 3.37. The zero-order valence-corrected chi connectivity index (χ0v) is 17.5. The molecule has 2 amide bonds. The Morgan fingerprint density at radius 1 is 1.00 bits per heavy atom. The van der Waals surface area contributed by atoms with Crippen molar-refractivity contribution in [2.24, 2.45) is 0 Å². The number of rotatable bonds is 7. The van der Waals surface area contributed by atoms with Gasteiger partial charge in [0.05, 0.1) is 0 Å². The van der Waals surface area contributed by atoms with E-state index in [4.69, 9.17) is 0 Å². The van der Waals surface area contributed by atoms with Crippen molar-refractivity contribution in [3.8, 4) is 10.6 Å². The molecule has 1 fully saturated rings. The van der Waals surface area contributed by atoms with E-state index in [1.165, 1.54) is 0 Å². The molecule has 2 aromatic heterocycles. The Labute approximate surface area is 180 Å². The highest BCUT2D eigenvalue weighted by atomic mass is 32.1. The smallest absolute Gasteiger partial charge is 0.319 e. The Balaban J connectivity index is 1.12. The van der Waals surface area contributed by atoms with Crippen LogP contribution in [0.2, 0.25) is 0 Å². The van der Waals surface area contributed by atoms with E-state index in [2.05, 4.69) is 35.4 Å². The highest BCUT2D eigenvalue weighted by Gasteiger charge is 2.18. The van der Waals surface area contributed by atoms with Gasteiger partial charge < -0.3 is 15.5 Å². The van der Waals surface area contributed by atoms with Gasteiger partial charge in [0.15, 0.2) is 0 Å². The van der Waals surface area contributed by atoms with Crippen molar-refractivity contribution in [3.05, 3.63) is 54.3 Å². The van der Waals surface area contributed by atoms with Crippen molar-refractivity contribution >= 4 is 29.0 Å². The van der Waals surface area contributed by atoms with Crippen LogP contribution in [-0.4, -0.2) is 65.2 Å². The van der Waals surface area contributed by atoms with Crippen LogP contribution in [0.1, 0.15) is 6.42 Å². The quantitative estimate of drug-likeness (QED) is 0.568. The number of urea groups is 1. The first-order valence-electron chi connectivity index (χ1n) is 10.1. The maximum atomic E-state index is 12.1. The summed E-state index contributed by atoms with van der Waals surface area (Å²) in [5.41, 5.74) is 1.82. The molecular weight excluding hydrogens is 398 g/mol. The number of thiazole rings is 1. The third-order valence-electron chi connectivity index (χ3n) is 4.97. The monoisotopic (exact) mass is 423 g/mol. The first-order chi connectivity index (χ1) is 14.8. The lowest BCUT2D eigenvalue weighted by atomic mass is 10.2. The van der Waals surface area contributed by atoms with Gasteiger partial charge in [-0.15, -0.1) is 11.3 Å². The van der Waals surface area contributed by atoms with Gasteiger partial charge in [0.2, 0.25) is 5.95 Å². The molecule has 30 heavy (non-hydrogen) atoms. The number of hydrogen-bond acceptors (Lipinski definition) is 7. The van der Waals surface area contributed by atoms with Crippen LogP contribution in [-0.2, 0) is 0 Å². The van der Waals surface area contributed by atoms with Crippen molar-refractivity contribution in [3.63, 3.8) is 0 Å². The maximum Gasteiger partial charge on any atom is 0.319 e. The summed E-state index contributed by atoms with van der Waals surface area (Å²) >= 11 is 1.60. The summed E-state index contributed by atoms with van der Waals surface area (Å²) in [6, 6.07) is 9.38. The van der Waals surface area contributed by atoms with Crippen molar-refractivity contribution < 1.29 is 4.79 Å². The van der Waals surface area contributed by atoms with Crippen LogP contribution in [0.15, 0.2) is 54.3 Å². The minimum Gasteiger partial charge on any atom is -0.338 e. The van der Waals surface area contributed by atoms with Crippen LogP contribution < -0.4 is 15.5 Å². The molecule has 3 aromatic rings. The summed E-state index contributed by atoms with van der Waals surface area (Å²) in [4.78, 5) is 29.7. The number of benzene rings is 1. The second-order valence-electron chi connectivity index (χ2n) is 7.03. The van der Waals surface area contributed by atoms with Crippen molar-refractivity contribution in [1.82, 2.24) is 25.2 Å². The van der Waals surface area contributed by atoms with Crippen LogP contribution in [0.5, 0.6) is 0 Å². The molecule has 1 aliphatic heterocycles. The molecule has 0 spiro atoms. The zero-order chi connectivity index (χ0) is 20.6. The topological polar surface area (TPSA) is 86.3 Å². The first-order valence-corrected chi connectivity index (χ1v) is 10.9. The number of amides is 2. The fourth-order valence-corrected chi connectivity index (χ4v) is 4.01. The van der Waals surface area contributed by atoms with E-state index >= 15 is 0 Å². The average molecular weight is 424 g/mol. The van der Waals surface area contributed by atoms with Gasteiger partial charge in [-0.3, -0.25) is 4.90 Å². The van der Waals surface area contributed by atoms with Gasteiger partial charge in [-0.2, -0.15) is 0 Å². The molecule has 0 atom stereocenters. The fraction of sp³-hybridized carbons (Fsp3) is 0.333. The minimum absolute atomic E-state index is 0.178. The maximum absolute atomic E-state index is 12.1. The number of nitrogens with one attached hydrogen (secondary N) is 2. The molecule has 0 radical (unpaired) electrons. The summed E-state index contributed by atoms with van der Waals surface area (Å²) < 4.78 is 0.